The lowest BCUT2D eigenvalue weighted by atomic mass is 9.79. The van der Waals surface area contributed by atoms with Crippen molar-refractivity contribution in [2.75, 3.05) is 31.6 Å². The second kappa shape index (κ2) is 14.1. The van der Waals surface area contributed by atoms with E-state index < -0.39 is 16.1 Å². The number of pyridine rings is 2. The summed E-state index contributed by atoms with van der Waals surface area (Å²) in [6.45, 7) is 16.8. The van der Waals surface area contributed by atoms with Crippen LogP contribution in [0.2, 0.25) is 51.4 Å². The molecule has 4 aromatic rings. The average Bonchev–Trinajstić information content (AvgIpc) is 3.61. The number of rotatable bonds is 14. The van der Waals surface area contributed by atoms with Gasteiger partial charge in [0.05, 0.1) is 17.6 Å². The zero-order valence-electron chi connectivity index (χ0n) is 28.7. The highest BCUT2D eigenvalue weighted by molar-refractivity contribution is 6.76. The number of aromatic nitrogens is 5. The van der Waals surface area contributed by atoms with Gasteiger partial charge in [-0.1, -0.05) is 64.3 Å². The van der Waals surface area contributed by atoms with Crippen molar-refractivity contribution < 1.29 is 9.47 Å². The molecule has 4 aromatic heterocycles. The van der Waals surface area contributed by atoms with E-state index >= 15 is 0 Å². The lowest BCUT2D eigenvalue weighted by molar-refractivity contribution is 0.0942. The molecule has 0 spiro atoms. The van der Waals surface area contributed by atoms with E-state index in [2.05, 4.69) is 61.3 Å². The Bertz CT molecular complexity index is 1550. The molecule has 2 unspecified atom stereocenters. The van der Waals surface area contributed by atoms with Gasteiger partial charge in [-0.25, -0.2) is 4.98 Å². The second-order valence-electron chi connectivity index (χ2n) is 15.9. The molecule has 2 fully saturated rings. The molecule has 0 amide bonds. The molecule has 10 heteroatoms. The lowest BCUT2D eigenvalue weighted by Crippen LogP contribution is -2.33. The highest BCUT2D eigenvalue weighted by Gasteiger charge is 2.36. The minimum atomic E-state index is -1.21. The molecule has 0 aliphatic heterocycles. The molecule has 8 nitrogen and oxygen atoms in total. The fourth-order valence-corrected chi connectivity index (χ4v) is 8.36. The Morgan fingerprint density at radius 2 is 1.48 bits per heavy atom. The normalized spacial score (nSPS) is 20.0. The molecule has 246 valence electrons. The highest BCUT2D eigenvalue weighted by atomic mass is 28.3. The van der Waals surface area contributed by atoms with E-state index in [9.17, 15) is 0 Å². The third kappa shape index (κ3) is 8.31. The van der Waals surface area contributed by atoms with Crippen molar-refractivity contribution in [3.8, 4) is 22.5 Å². The maximum atomic E-state index is 6.36. The van der Waals surface area contributed by atoms with Crippen LogP contribution < -0.4 is 4.90 Å². The number of anilines is 1. The van der Waals surface area contributed by atoms with Crippen LogP contribution in [0.25, 0.3) is 28.2 Å². The average molecular weight is 657 g/mol. The minimum Gasteiger partial charge on any atom is -0.361 e. The first-order valence-corrected chi connectivity index (χ1v) is 24.6. The van der Waals surface area contributed by atoms with Crippen molar-refractivity contribution in [1.82, 2.24) is 24.6 Å². The van der Waals surface area contributed by atoms with Crippen LogP contribution in [0.5, 0.6) is 0 Å². The van der Waals surface area contributed by atoms with Crippen LogP contribution in [-0.2, 0) is 9.47 Å². The van der Waals surface area contributed by atoms with E-state index in [0.29, 0.717) is 19.4 Å². The van der Waals surface area contributed by atoms with Gasteiger partial charge in [-0.05, 0) is 61.4 Å². The van der Waals surface area contributed by atoms with Crippen LogP contribution in [-0.4, -0.2) is 67.4 Å². The molecule has 0 N–H and O–H groups in total. The zero-order valence-corrected chi connectivity index (χ0v) is 30.7. The number of hydrogen-bond donors (Lipinski definition) is 0. The summed E-state index contributed by atoms with van der Waals surface area (Å²) >= 11 is 0. The molecule has 6 rings (SSSR count). The van der Waals surface area contributed by atoms with Gasteiger partial charge in [0, 0.05) is 70.6 Å². The van der Waals surface area contributed by atoms with Crippen molar-refractivity contribution >= 4 is 27.6 Å². The van der Waals surface area contributed by atoms with Crippen LogP contribution in [0.3, 0.4) is 0 Å². The molecule has 2 saturated carbocycles. The molecule has 2 atom stereocenters. The predicted molar refractivity (Wildman–Crippen MR) is 193 cm³/mol. The van der Waals surface area contributed by atoms with Gasteiger partial charge < -0.3 is 14.4 Å². The van der Waals surface area contributed by atoms with Crippen molar-refractivity contribution in [1.29, 1.82) is 0 Å². The Morgan fingerprint density at radius 3 is 2.07 bits per heavy atom. The lowest BCUT2D eigenvalue weighted by Gasteiger charge is -2.30. The maximum Gasteiger partial charge on any atom is 0.165 e. The van der Waals surface area contributed by atoms with Crippen LogP contribution in [0.1, 0.15) is 43.7 Å². The minimum absolute atomic E-state index is 0.460. The van der Waals surface area contributed by atoms with Gasteiger partial charge in [-0.3, -0.25) is 9.97 Å². The summed E-state index contributed by atoms with van der Waals surface area (Å²) in [7, 11) is -2.42. The van der Waals surface area contributed by atoms with Crippen LogP contribution in [0, 0.1) is 11.8 Å². The van der Waals surface area contributed by atoms with Gasteiger partial charge in [-0.15, -0.1) is 0 Å². The SMILES string of the molecule is C[Si](C)(C)CCOCN(COCC[Si](C)(C)C)c1cc(C2CC3CCC(C3)C2)nc2c(-c3ccc(-c4ccccn4)nc3)cnn12. The molecule has 0 aromatic carbocycles. The first kappa shape index (κ1) is 33.0. The predicted octanol–water partition coefficient (Wildman–Crippen LogP) is 8.58. The van der Waals surface area contributed by atoms with Gasteiger partial charge >= 0.3 is 0 Å². The summed E-state index contributed by atoms with van der Waals surface area (Å²) in [5.41, 5.74) is 5.74. The molecular weight excluding hydrogens is 605 g/mol. The highest BCUT2D eigenvalue weighted by Crippen LogP contribution is 2.48. The fourth-order valence-electron chi connectivity index (χ4n) is 6.85. The summed E-state index contributed by atoms with van der Waals surface area (Å²) in [6.07, 6.45) is 12.2. The van der Waals surface area contributed by atoms with E-state index in [1.807, 2.05) is 41.2 Å². The van der Waals surface area contributed by atoms with Gasteiger partial charge in [0.15, 0.2) is 5.65 Å². The van der Waals surface area contributed by atoms with Crippen LogP contribution in [0.15, 0.2) is 55.0 Å². The van der Waals surface area contributed by atoms with Gasteiger partial charge in [0.25, 0.3) is 0 Å². The summed E-state index contributed by atoms with van der Waals surface area (Å²) in [5, 5.41) is 4.93. The number of nitrogens with zero attached hydrogens (tertiary/aromatic N) is 6. The fraction of sp³-hybridized carbons (Fsp3) is 0.556. The Morgan fingerprint density at radius 1 is 0.804 bits per heavy atom. The quantitative estimate of drug-likeness (QED) is 0.0764. The molecule has 46 heavy (non-hydrogen) atoms. The zero-order chi connectivity index (χ0) is 32.3. The first-order chi connectivity index (χ1) is 22.0. The topological polar surface area (TPSA) is 77.7 Å². The van der Waals surface area contributed by atoms with Crippen molar-refractivity contribution in [2.24, 2.45) is 11.8 Å². The molecule has 2 aliphatic carbocycles. The summed E-state index contributed by atoms with van der Waals surface area (Å²) in [5.74, 6) is 3.10. The summed E-state index contributed by atoms with van der Waals surface area (Å²) in [6, 6.07) is 14.6. The van der Waals surface area contributed by atoms with Gasteiger partial charge in [0.1, 0.15) is 19.3 Å². The van der Waals surface area contributed by atoms with Gasteiger partial charge in [0.2, 0.25) is 0 Å². The molecule has 0 saturated heterocycles. The number of ether oxygens (including phenoxy) is 2. The van der Waals surface area contributed by atoms with E-state index in [0.717, 1.165) is 71.1 Å². The van der Waals surface area contributed by atoms with Crippen molar-refractivity contribution in [2.45, 2.75) is 89.4 Å². The second-order valence-corrected chi connectivity index (χ2v) is 27.2. The summed E-state index contributed by atoms with van der Waals surface area (Å²) < 4.78 is 14.7. The molecule has 2 aliphatic rings. The number of fused-ring (bicyclic) bond motifs is 3. The molecule has 0 radical (unpaired) electrons. The monoisotopic (exact) mass is 656 g/mol. The Labute approximate surface area is 277 Å². The third-order valence-electron chi connectivity index (χ3n) is 9.59. The Balaban J connectivity index is 1.35. The van der Waals surface area contributed by atoms with Crippen LogP contribution >= 0.6 is 0 Å². The Hall–Kier alpha value is -2.93. The van der Waals surface area contributed by atoms with E-state index in [-0.39, 0.29) is 0 Å². The first-order valence-electron chi connectivity index (χ1n) is 17.2. The van der Waals surface area contributed by atoms with Gasteiger partial charge in [-0.2, -0.15) is 9.61 Å². The summed E-state index contributed by atoms with van der Waals surface area (Å²) in [4.78, 5) is 16.9. The van der Waals surface area contributed by atoms with Crippen molar-refractivity contribution in [3.63, 3.8) is 0 Å². The van der Waals surface area contributed by atoms with E-state index in [4.69, 9.17) is 24.5 Å². The molecular formula is C36H52N6O2Si2. The smallest absolute Gasteiger partial charge is 0.165 e. The molecule has 4 heterocycles. The van der Waals surface area contributed by atoms with E-state index in [1.165, 1.54) is 37.8 Å². The Kier molecular flexibility index (Phi) is 10.1. The van der Waals surface area contributed by atoms with Crippen molar-refractivity contribution in [3.05, 3.63) is 60.7 Å². The maximum absolute atomic E-state index is 6.36. The number of hydrogen-bond acceptors (Lipinski definition) is 7. The standard InChI is InChI=1S/C36H52N6O2Si2/c1-45(2,3)17-15-43-25-41(26-44-16-18-46(4,5)6)35-22-34(30-20-27-10-11-28(19-27)21-30)40-36-31(24-39-42(35)36)29-12-13-33(38-23-29)32-9-7-8-14-37-32/h7-9,12-14,22-24,27-28,30H,10-11,15-21,25-26H2,1-6H3. The largest absolute Gasteiger partial charge is 0.361 e. The van der Waals surface area contributed by atoms with Crippen LogP contribution in [0.4, 0.5) is 5.82 Å². The van der Waals surface area contributed by atoms with E-state index in [1.54, 1.807) is 6.20 Å². The molecule has 2 bridgehead atoms. The third-order valence-corrected chi connectivity index (χ3v) is 13.0.